The first kappa shape index (κ1) is 12.5. The lowest BCUT2D eigenvalue weighted by atomic mass is 10.0. The number of nitrogens with zero attached hydrogens (tertiary/aromatic N) is 1. The van der Waals surface area contributed by atoms with Gasteiger partial charge in [-0.3, -0.25) is 4.79 Å². The number of carbonyl (C=O) groups excluding carboxylic acids is 1. The molecule has 0 aromatic rings. The van der Waals surface area contributed by atoms with Crippen LogP contribution in [0.1, 0.15) is 40.5 Å². The largest absolute Gasteiger partial charge is 0.336 e. The number of hydrogen-bond donors (Lipinski definition) is 1. The van der Waals surface area contributed by atoms with Gasteiger partial charge in [-0.25, -0.2) is 0 Å². The van der Waals surface area contributed by atoms with Crippen molar-refractivity contribution in [2.75, 3.05) is 19.6 Å². The summed E-state index contributed by atoms with van der Waals surface area (Å²) in [7, 11) is 0. The molecule has 1 rings (SSSR count). The molecular formula is C12H24N2O. The van der Waals surface area contributed by atoms with Crippen LogP contribution in [0.15, 0.2) is 0 Å². The van der Waals surface area contributed by atoms with E-state index in [1.807, 2.05) is 4.90 Å². The molecule has 1 saturated heterocycles. The molecule has 1 aliphatic rings. The lowest BCUT2D eigenvalue weighted by molar-refractivity contribution is -0.136. The van der Waals surface area contributed by atoms with Crippen molar-refractivity contribution in [3.05, 3.63) is 0 Å². The van der Waals surface area contributed by atoms with Gasteiger partial charge in [0.05, 0.1) is 0 Å². The molecule has 1 N–H and O–H groups in total. The zero-order valence-corrected chi connectivity index (χ0v) is 10.5. The molecular weight excluding hydrogens is 188 g/mol. The molecule has 0 atom stereocenters. The minimum atomic E-state index is -0.0392. The van der Waals surface area contributed by atoms with Gasteiger partial charge in [0.2, 0.25) is 5.91 Å². The zero-order valence-electron chi connectivity index (χ0n) is 10.5. The Bertz CT molecular complexity index is 224. The lowest BCUT2D eigenvalue weighted by Crippen LogP contribution is -2.51. The summed E-state index contributed by atoms with van der Waals surface area (Å²) in [5.74, 6) is 0.753. The molecule has 0 aliphatic carbocycles. The first-order chi connectivity index (χ1) is 6.93. The fourth-order valence-electron chi connectivity index (χ4n) is 2.08. The summed E-state index contributed by atoms with van der Waals surface area (Å²) in [6.07, 6.45) is 1.73. The van der Waals surface area contributed by atoms with E-state index < -0.39 is 0 Å². The summed E-state index contributed by atoms with van der Waals surface area (Å²) in [5, 5.41) is 3.38. The molecule has 0 saturated carbocycles. The maximum atomic E-state index is 12.1. The zero-order chi connectivity index (χ0) is 11.5. The molecule has 1 fully saturated rings. The van der Waals surface area contributed by atoms with Gasteiger partial charge < -0.3 is 10.2 Å². The van der Waals surface area contributed by atoms with Crippen LogP contribution in [0.25, 0.3) is 0 Å². The summed E-state index contributed by atoms with van der Waals surface area (Å²) in [6, 6.07) is 0. The van der Waals surface area contributed by atoms with Gasteiger partial charge in [0.1, 0.15) is 0 Å². The Morgan fingerprint density at radius 3 is 2.73 bits per heavy atom. The Hall–Kier alpha value is -0.570. The monoisotopic (exact) mass is 212 g/mol. The predicted octanol–water partition coefficient (Wildman–Crippen LogP) is 1.63. The molecule has 1 aliphatic heterocycles. The van der Waals surface area contributed by atoms with Crippen LogP contribution < -0.4 is 5.32 Å². The highest BCUT2D eigenvalue weighted by Gasteiger charge is 2.31. The average Bonchev–Trinajstić information content (AvgIpc) is 2.24. The average molecular weight is 212 g/mol. The lowest BCUT2D eigenvalue weighted by Gasteiger charge is -2.37. The van der Waals surface area contributed by atoms with Crippen molar-refractivity contribution in [3.63, 3.8) is 0 Å². The minimum absolute atomic E-state index is 0.0392. The van der Waals surface area contributed by atoms with Crippen LogP contribution in [0.5, 0.6) is 0 Å². The van der Waals surface area contributed by atoms with Crippen LogP contribution >= 0.6 is 0 Å². The second-order valence-electron chi connectivity index (χ2n) is 5.49. The molecule has 0 radical (unpaired) electrons. The normalized spacial score (nSPS) is 21.5. The molecule has 1 amide bonds. The number of rotatable bonds is 2. The Morgan fingerprint density at radius 2 is 2.13 bits per heavy atom. The van der Waals surface area contributed by atoms with Gasteiger partial charge in [0.25, 0.3) is 0 Å². The van der Waals surface area contributed by atoms with Gasteiger partial charge >= 0.3 is 0 Å². The topological polar surface area (TPSA) is 32.3 Å². The van der Waals surface area contributed by atoms with Crippen molar-refractivity contribution in [2.45, 2.75) is 46.1 Å². The van der Waals surface area contributed by atoms with Crippen molar-refractivity contribution in [2.24, 2.45) is 5.92 Å². The summed E-state index contributed by atoms with van der Waals surface area (Å²) in [6.45, 7) is 11.3. The van der Waals surface area contributed by atoms with Gasteiger partial charge in [-0.15, -0.1) is 0 Å². The Balaban J connectivity index is 2.67. The van der Waals surface area contributed by atoms with Crippen LogP contribution in [0.3, 0.4) is 0 Å². The van der Waals surface area contributed by atoms with E-state index in [2.05, 4.69) is 33.0 Å². The summed E-state index contributed by atoms with van der Waals surface area (Å²) in [5.41, 5.74) is -0.0392. The van der Waals surface area contributed by atoms with Gasteiger partial charge in [0.15, 0.2) is 0 Å². The maximum Gasteiger partial charge on any atom is 0.223 e. The van der Waals surface area contributed by atoms with E-state index >= 15 is 0 Å². The van der Waals surface area contributed by atoms with Crippen LogP contribution in [-0.2, 0) is 4.79 Å². The smallest absolute Gasteiger partial charge is 0.223 e. The fraction of sp³-hybridized carbons (Fsp3) is 0.917. The molecule has 3 nitrogen and oxygen atoms in total. The van der Waals surface area contributed by atoms with Gasteiger partial charge in [-0.1, -0.05) is 13.8 Å². The van der Waals surface area contributed by atoms with Crippen LogP contribution in [0.4, 0.5) is 0 Å². The fourth-order valence-corrected chi connectivity index (χ4v) is 2.08. The van der Waals surface area contributed by atoms with E-state index in [1.54, 1.807) is 0 Å². The standard InChI is InChI=1S/C12H24N2O/c1-10(2)8-11(15)14-7-5-6-13-9-12(14,3)4/h10,13H,5-9H2,1-4H3. The highest BCUT2D eigenvalue weighted by molar-refractivity contribution is 5.77. The number of carbonyl (C=O) groups is 1. The Labute approximate surface area is 93.2 Å². The van der Waals surface area contributed by atoms with Crippen LogP contribution in [0.2, 0.25) is 0 Å². The van der Waals surface area contributed by atoms with Gasteiger partial charge in [-0.2, -0.15) is 0 Å². The maximum absolute atomic E-state index is 12.1. The first-order valence-corrected chi connectivity index (χ1v) is 5.94. The molecule has 0 bridgehead atoms. The van der Waals surface area contributed by atoms with E-state index in [-0.39, 0.29) is 5.54 Å². The van der Waals surface area contributed by atoms with Crippen molar-refractivity contribution in [3.8, 4) is 0 Å². The van der Waals surface area contributed by atoms with E-state index in [9.17, 15) is 4.79 Å². The summed E-state index contributed by atoms with van der Waals surface area (Å²) in [4.78, 5) is 14.1. The van der Waals surface area contributed by atoms with Gasteiger partial charge in [-0.05, 0) is 32.7 Å². The van der Waals surface area contributed by atoms with Crippen LogP contribution in [0, 0.1) is 5.92 Å². The SMILES string of the molecule is CC(C)CC(=O)N1CCCNCC1(C)C. The third-order valence-corrected chi connectivity index (χ3v) is 2.91. The molecule has 88 valence electrons. The first-order valence-electron chi connectivity index (χ1n) is 5.94. The third-order valence-electron chi connectivity index (χ3n) is 2.91. The number of hydrogen-bond acceptors (Lipinski definition) is 2. The summed E-state index contributed by atoms with van der Waals surface area (Å²) < 4.78 is 0. The minimum Gasteiger partial charge on any atom is -0.336 e. The summed E-state index contributed by atoms with van der Waals surface area (Å²) >= 11 is 0. The van der Waals surface area contributed by atoms with Crippen molar-refractivity contribution < 1.29 is 4.79 Å². The molecule has 0 spiro atoms. The molecule has 1 heterocycles. The van der Waals surface area contributed by atoms with Crippen molar-refractivity contribution >= 4 is 5.91 Å². The second kappa shape index (κ2) is 4.97. The van der Waals surface area contributed by atoms with Gasteiger partial charge in [0, 0.05) is 25.0 Å². The second-order valence-corrected chi connectivity index (χ2v) is 5.49. The molecule has 0 unspecified atom stereocenters. The molecule has 3 heteroatoms. The predicted molar refractivity (Wildman–Crippen MR) is 62.7 cm³/mol. The number of amides is 1. The Morgan fingerprint density at radius 1 is 1.47 bits per heavy atom. The van der Waals surface area contributed by atoms with Crippen LogP contribution in [-0.4, -0.2) is 36.0 Å². The van der Waals surface area contributed by atoms with E-state index in [4.69, 9.17) is 0 Å². The van der Waals surface area contributed by atoms with E-state index in [0.717, 1.165) is 26.1 Å². The molecule has 15 heavy (non-hydrogen) atoms. The van der Waals surface area contributed by atoms with E-state index in [0.29, 0.717) is 18.2 Å². The Kier molecular flexibility index (Phi) is 4.14. The highest BCUT2D eigenvalue weighted by atomic mass is 16.2. The van der Waals surface area contributed by atoms with Crippen molar-refractivity contribution in [1.82, 2.24) is 10.2 Å². The van der Waals surface area contributed by atoms with E-state index in [1.165, 1.54) is 0 Å². The quantitative estimate of drug-likeness (QED) is 0.754. The third kappa shape index (κ3) is 3.49. The molecule has 0 aromatic carbocycles. The van der Waals surface area contributed by atoms with Crippen molar-refractivity contribution in [1.29, 1.82) is 0 Å². The highest BCUT2D eigenvalue weighted by Crippen LogP contribution is 2.19. The molecule has 0 aromatic heterocycles. The number of nitrogens with one attached hydrogen (secondary N) is 1.